The summed E-state index contributed by atoms with van der Waals surface area (Å²) in [6, 6.07) is 0. The highest BCUT2D eigenvalue weighted by molar-refractivity contribution is 5.66. The highest BCUT2D eigenvalue weighted by Crippen LogP contribution is 2.43. The quantitative estimate of drug-likeness (QED) is 0.220. The Morgan fingerprint density at radius 3 is 2.38 bits per heavy atom. The first-order chi connectivity index (χ1) is 13.7. The van der Waals surface area contributed by atoms with Crippen molar-refractivity contribution in [2.45, 2.75) is 129 Å². The Morgan fingerprint density at radius 1 is 1.07 bits per heavy atom. The second-order valence-corrected chi connectivity index (χ2v) is 9.81. The molecule has 1 aliphatic carbocycles. The van der Waals surface area contributed by atoms with Gasteiger partial charge in [0.05, 0.1) is 11.7 Å². The number of unbranched alkanes of at least 4 members (excludes halogenated alkanes) is 4. The van der Waals surface area contributed by atoms with Crippen molar-refractivity contribution in [1.82, 2.24) is 0 Å². The van der Waals surface area contributed by atoms with Crippen molar-refractivity contribution in [3.05, 3.63) is 11.6 Å². The minimum absolute atomic E-state index is 0.118. The van der Waals surface area contributed by atoms with Gasteiger partial charge < -0.3 is 15.3 Å². The lowest BCUT2D eigenvalue weighted by Gasteiger charge is -2.43. The Bertz CT molecular complexity index is 511. The summed E-state index contributed by atoms with van der Waals surface area (Å²) in [5, 5.41) is 30.7. The van der Waals surface area contributed by atoms with Crippen molar-refractivity contribution in [3.63, 3.8) is 0 Å². The number of carboxylic acid groups (broad SMARTS) is 1. The van der Waals surface area contributed by atoms with Gasteiger partial charge in [0.25, 0.3) is 0 Å². The molecule has 1 rings (SSSR count). The van der Waals surface area contributed by atoms with E-state index in [1.54, 1.807) is 0 Å². The van der Waals surface area contributed by atoms with Crippen molar-refractivity contribution in [1.29, 1.82) is 0 Å². The Labute approximate surface area is 178 Å². The molecule has 29 heavy (non-hydrogen) atoms. The Hall–Kier alpha value is -0.870. The van der Waals surface area contributed by atoms with E-state index in [0.717, 1.165) is 77.0 Å². The van der Waals surface area contributed by atoms with Crippen LogP contribution in [0, 0.1) is 11.3 Å². The highest BCUT2D eigenvalue weighted by atomic mass is 16.4. The third kappa shape index (κ3) is 8.41. The van der Waals surface area contributed by atoms with Gasteiger partial charge in [-0.25, -0.2) is 0 Å². The minimum Gasteiger partial charge on any atom is -0.481 e. The van der Waals surface area contributed by atoms with Gasteiger partial charge in [-0.3, -0.25) is 4.79 Å². The summed E-state index contributed by atoms with van der Waals surface area (Å²) in [6.45, 7) is 8.74. The SMILES string of the molecule is CCCCC(C)(C)C(O)(CC=C1CC[C@@H](O)[C@@H]1CCCCCCC(=O)O)CCC. The van der Waals surface area contributed by atoms with Crippen LogP contribution in [0.25, 0.3) is 0 Å². The molecule has 0 spiro atoms. The first kappa shape index (κ1) is 26.2. The molecule has 0 radical (unpaired) electrons. The summed E-state index contributed by atoms with van der Waals surface area (Å²) in [7, 11) is 0. The van der Waals surface area contributed by atoms with Crippen molar-refractivity contribution < 1.29 is 20.1 Å². The Kier molecular flexibility index (Phi) is 11.5. The maximum absolute atomic E-state index is 11.5. The van der Waals surface area contributed by atoms with Gasteiger partial charge in [0.2, 0.25) is 0 Å². The summed E-state index contributed by atoms with van der Waals surface area (Å²) >= 11 is 0. The maximum Gasteiger partial charge on any atom is 0.303 e. The van der Waals surface area contributed by atoms with Crippen molar-refractivity contribution in [2.24, 2.45) is 11.3 Å². The van der Waals surface area contributed by atoms with E-state index < -0.39 is 11.6 Å². The van der Waals surface area contributed by atoms with Gasteiger partial charge in [-0.15, -0.1) is 0 Å². The Morgan fingerprint density at radius 2 is 1.76 bits per heavy atom. The predicted molar refractivity (Wildman–Crippen MR) is 120 cm³/mol. The molecule has 1 aliphatic rings. The van der Waals surface area contributed by atoms with Gasteiger partial charge >= 0.3 is 5.97 Å². The van der Waals surface area contributed by atoms with Crippen LogP contribution in [0.5, 0.6) is 0 Å². The molecule has 4 nitrogen and oxygen atoms in total. The molecule has 0 bridgehead atoms. The van der Waals surface area contributed by atoms with Gasteiger partial charge in [0.1, 0.15) is 0 Å². The van der Waals surface area contributed by atoms with Crippen LogP contribution >= 0.6 is 0 Å². The zero-order valence-electron chi connectivity index (χ0n) is 19.4. The monoisotopic (exact) mass is 410 g/mol. The van der Waals surface area contributed by atoms with E-state index in [1.165, 1.54) is 5.57 Å². The van der Waals surface area contributed by atoms with Crippen LogP contribution in [0.3, 0.4) is 0 Å². The molecule has 3 N–H and O–H groups in total. The summed E-state index contributed by atoms with van der Waals surface area (Å²) in [5.74, 6) is -0.512. The molecular weight excluding hydrogens is 364 g/mol. The van der Waals surface area contributed by atoms with Crippen LogP contribution in [-0.2, 0) is 4.79 Å². The van der Waals surface area contributed by atoms with E-state index in [1.807, 2.05) is 0 Å². The number of hydrogen-bond donors (Lipinski definition) is 3. The fourth-order valence-corrected chi connectivity index (χ4v) is 4.86. The van der Waals surface area contributed by atoms with Gasteiger partial charge in [-0.2, -0.15) is 0 Å². The molecular formula is C25H46O4. The highest BCUT2D eigenvalue weighted by Gasteiger charge is 2.41. The van der Waals surface area contributed by atoms with Gasteiger partial charge in [0.15, 0.2) is 0 Å². The lowest BCUT2D eigenvalue weighted by Crippen LogP contribution is -2.44. The second kappa shape index (κ2) is 12.7. The molecule has 4 heteroatoms. The molecule has 1 saturated carbocycles. The lowest BCUT2D eigenvalue weighted by atomic mass is 9.67. The molecule has 0 heterocycles. The van der Waals surface area contributed by atoms with Crippen LogP contribution < -0.4 is 0 Å². The lowest BCUT2D eigenvalue weighted by molar-refractivity contribution is -0.137. The van der Waals surface area contributed by atoms with Gasteiger partial charge in [-0.05, 0) is 50.4 Å². The average Bonchev–Trinajstić information content (AvgIpc) is 3.01. The van der Waals surface area contributed by atoms with Gasteiger partial charge in [0, 0.05) is 12.3 Å². The van der Waals surface area contributed by atoms with Crippen LogP contribution in [0.1, 0.15) is 118 Å². The number of aliphatic carboxylic acids is 1. The third-order valence-corrected chi connectivity index (χ3v) is 7.11. The van der Waals surface area contributed by atoms with Crippen molar-refractivity contribution >= 4 is 5.97 Å². The molecule has 1 fully saturated rings. The predicted octanol–water partition coefficient (Wildman–Crippen LogP) is 6.25. The van der Waals surface area contributed by atoms with E-state index in [4.69, 9.17) is 5.11 Å². The normalized spacial score (nSPS) is 23.4. The zero-order valence-corrected chi connectivity index (χ0v) is 19.4. The first-order valence-electron chi connectivity index (χ1n) is 12.0. The zero-order chi connectivity index (χ0) is 21.9. The van der Waals surface area contributed by atoms with Crippen molar-refractivity contribution in [3.8, 4) is 0 Å². The van der Waals surface area contributed by atoms with Crippen LogP contribution in [-0.4, -0.2) is 33.0 Å². The van der Waals surface area contributed by atoms with E-state index in [9.17, 15) is 15.0 Å². The van der Waals surface area contributed by atoms with E-state index in [0.29, 0.717) is 6.42 Å². The number of rotatable bonds is 15. The number of carbonyl (C=O) groups is 1. The molecule has 1 unspecified atom stereocenters. The third-order valence-electron chi connectivity index (χ3n) is 7.11. The summed E-state index contributed by atoms with van der Waals surface area (Å²) in [4.78, 5) is 10.6. The number of aliphatic hydroxyl groups excluding tert-OH is 1. The van der Waals surface area contributed by atoms with E-state index in [-0.39, 0.29) is 23.9 Å². The molecule has 3 atom stereocenters. The topological polar surface area (TPSA) is 77.8 Å². The molecule has 0 aromatic rings. The average molecular weight is 411 g/mol. The largest absolute Gasteiger partial charge is 0.481 e. The molecule has 0 aromatic carbocycles. The van der Waals surface area contributed by atoms with Crippen molar-refractivity contribution in [2.75, 3.05) is 0 Å². The van der Waals surface area contributed by atoms with E-state index in [2.05, 4.69) is 33.8 Å². The maximum atomic E-state index is 11.5. The van der Waals surface area contributed by atoms with Gasteiger partial charge in [-0.1, -0.05) is 77.9 Å². The molecule has 0 aromatic heterocycles. The number of hydrogen-bond acceptors (Lipinski definition) is 3. The summed E-state index contributed by atoms with van der Waals surface area (Å²) in [6.07, 6.45) is 14.4. The molecule has 170 valence electrons. The second-order valence-electron chi connectivity index (χ2n) is 9.81. The minimum atomic E-state index is -0.720. The van der Waals surface area contributed by atoms with Crippen LogP contribution in [0.2, 0.25) is 0 Å². The van der Waals surface area contributed by atoms with Crippen LogP contribution in [0.4, 0.5) is 0 Å². The summed E-state index contributed by atoms with van der Waals surface area (Å²) in [5.41, 5.74) is 0.509. The standard InChI is InChI=1S/C25H46O4/c1-5-7-18-24(3,4)25(29,17-6-2)19-16-20-14-15-22(26)21(20)12-10-8-9-11-13-23(27)28/h16,21-22,26,29H,5-15,17-19H2,1-4H3,(H,27,28)/t21-,22-,25?/m1/s1. The smallest absolute Gasteiger partial charge is 0.303 e. The fourth-order valence-electron chi connectivity index (χ4n) is 4.86. The molecule has 0 saturated heterocycles. The Balaban J connectivity index is 2.68. The van der Waals surface area contributed by atoms with E-state index >= 15 is 0 Å². The number of aliphatic hydroxyl groups is 2. The molecule has 0 amide bonds. The first-order valence-corrected chi connectivity index (χ1v) is 12.0. The molecule has 0 aliphatic heterocycles. The van der Waals surface area contributed by atoms with Crippen LogP contribution in [0.15, 0.2) is 11.6 Å². The summed E-state index contributed by atoms with van der Waals surface area (Å²) < 4.78 is 0. The number of carboxylic acids is 1. The fraction of sp³-hybridized carbons (Fsp3) is 0.880.